The van der Waals surface area contributed by atoms with Gasteiger partial charge in [-0.3, -0.25) is 9.78 Å². The molecule has 1 N–H and O–H groups in total. The summed E-state index contributed by atoms with van der Waals surface area (Å²) in [7, 11) is 0. The first kappa shape index (κ1) is 9.86. The van der Waals surface area contributed by atoms with Gasteiger partial charge in [0, 0.05) is 17.5 Å². The van der Waals surface area contributed by atoms with E-state index in [1.165, 1.54) is 0 Å². The molecule has 13 heavy (non-hydrogen) atoms. The van der Waals surface area contributed by atoms with Gasteiger partial charge in [0.15, 0.2) is 5.78 Å². The predicted molar refractivity (Wildman–Crippen MR) is 51.8 cm³/mol. The van der Waals surface area contributed by atoms with Crippen LogP contribution in [0.3, 0.4) is 0 Å². The minimum absolute atomic E-state index is 0.0920. The molecule has 0 amide bonds. The van der Waals surface area contributed by atoms with Crippen LogP contribution in [0, 0.1) is 6.92 Å². The van der Waals surface area contributed by atoms with Gasteiger partial charge in [0.05, 0.1) is 6.54 Å². The minimum Gasteiger partial charge on any atom is -0.310 e. The summed E-state index contributed by atoms with van der Waals surface area (Å²) in [6.07, 6.45) is 1.62. The third-order valence-corrected chi connectivity index (χ3v) is 1.77. The third kappa shape index (κ3) is 2.95. The van der Waals surface area contributed by atoms with Gasteiger partial charge in [-0.15, -0.1) is 0 Å². The highest BCUT2D eigenvalue weighted by Crippen LogP contribution is 1.99. The number of carbonyl (C=O) groups excluding carboxylic acids is 1. The average molecular weight is 178 g/mol. The molecule has 0 aliphatic heterocycles. The van der Waals surface area contributed by atoms with Crippen molar-refractivity contribution < 1.29 is 4.79 Å². The first-order valence-corrected chi connectivity index (χ1v) is 4.40. The molecule has 0 unspecified atom stereocenters. The van der Waals surface area contributed by atoms with Crippen molar-refractivity contribution in [1.29, 1.82) is 0 Å². The predicted octanol–water partition coefficient (Wildman–Crippen LogP) is 1.18. The first-order valence-electron chi connectivity index (χ1n) is 4.40. The molecule has 70 valence electrons. The molecule has 1 rings (SSSR count). The number of likely N-dealkylation sites (N-methyl/N-ethyl adjacent to an activating group) is 1. The van der Waals surface area contributed by atoms with Crippen LogP contribution >= 0.6 is 0 Å². The number of aromatic nitrogens is 1. The summed E-state index contributed by atoms with van der Waals surface area (Å²) in [6.45, 7) is 5.07. The maximum Gasteiger partial charge on any atom is 0.178 e. The van der Waals surface area contributed by atoms with Gasteiger partial charge in [-0.2, -0.15) is 0 Å². The van der Waals surface area contributed by atoms with Crippen molar-refractivity contribution in [3.8, 4) is 0 Å². The molecule has 0 bridgehead atoms. The number of rotatable bonds is 4. The number of hydrogen-bond acceptors (Lipinski definition) is 3. The van der Waals surface area contributed by atoms with Gasteiger partial charge in [0.2, 0.25) is 0 Å². The summed E-state index contributed by atoms with van der Waals surface area (Å²) >= 11 is 0. The lowest BCUT2D eigenvalue weighted by Gasteiger charge is -2.00. The summed E-state index contributed by atoms with van der Waals surface area (Å²) in [5, 5.41) is 2.98. The molecular weight excluding hydrogens is 164 g/mol. The molecule has 1 aromatic heterocycles. The molecule has 3 nitrogen and oxygen atoms in total. The van der Waals surface area contributed by atoms with Crippen LogP contribution in [0.4, 0.5) is 0 Å². The van der Waals surface area contributed by atoms with Crippen molar-refractivity contribution in [3.63, 3.8) is 0 Å². The number of hydrogen-bond donors (Lipinski definition) is 1. The molecule has 0 aromatic carbocycles. The van der Waals surface area contributed by atoms with E-state index in [2.05, 4.69) is 10.3 Å². The molecule has 0 aliphatic carbocycles. The Hall–Kier alpha value is -1.22. The fraction of sp³-hybridized carbons (Fsp3) is 0.400. The summed E-state index contributed by atoms with van der Waals surface area (Å²) < 4.78 is 0. The molecule has 0 saturated heterocycles. The Morgan fingerprint density at radius 2 is 2.31 bits per heavy atom. The molecule has 0 atom stereocenters. The maximum absolute atomic E-state index is 11.4. The fourth-order valence-corrected chi connectivity index (χ4v) is 0.973. The van der Waals surface area contributed by atoms with Gasteiger partial charge in [0.1, 0.15) is 0 Å². The van der Waals surface area contributed by atoms with E-state index in [1.807, 2.05) is 26.0 Å². The second-order valence-corrected chi connectivity index (χ2v) is 2.89. The standard InChI is InChI=1S/C10H14N2O/c1-3-11-7-10(13)9-5-4-8(2)12-6-9/h4-6,11H,3,7H2,1-2H3. The summed E-state index contributed by atoms with van der Waals surface area (Å²) in [6, 6.07) is 3.65. The van der Waals surface area contributed by atoms with Crippen LogP contribution in [0.5, 0.6) is 0 Å². The summed E-state index contributed by atoms with van der Waals surface area (Å²) in [5.74, 6) is 0.0920. The van der Waals surface area contributed by atoms with E-state index in [1.54, 1.807) is 6.20 Å². The Morgan fingerprint density at radius 3 is 2.85 bits per heavy atom. The number of nitrogens with one attached hydrogen (secondary N) is 1. The van der Waals surface area contributed by atoms with Crippen molar-refractivity contribution >= 4 is 5.78 Å². The van der Waals surface area contributed by atoms with Crippen LogP contribution < -0.4 is 5.32 Å². The van der Waals surface area contributed by atoms with E-state index < -0.39 is 0 Å². The smallest absolute Gasteiger partial charge is 0.178 e. The fourth-order valence-electron chi connectivity index (χ4n) is 0.973. The Morgan fingerprint density at radius 1 is 1.54 bits per heavy atom. The Kier molecular flexibility index (Phi) is 3.58. The molecule has 3 heteroatoms. The number of Topliss-reactive ketones (excluding diaryl/α,β-unsaturated/α-hetero) is 1. The van der Waals surface area contributed by atoms with Crippen molar-refractivity contribution in [2.75, 3.05) is 13.1 Å². The zero-order valence-electron chi connectivity index (χ0n) is 8.00. The van der Waals surface area contributed by atoms with Gasteiger partial charge < -0.3 is 5.32 Å². The average Bonchev–Trinajstić information content (AvgIpc) is 2.15. The van der Waals surface area contributed by atoms with E-state index in [0.717, 1.165) is 12.2 Å². The highest BCUT2D eigenvalue weighted by Gasteiger charge is 2.03. The highest BCUT2D eigenvalue weighted by atomic mass is 16.1. The van der Waals surface area contributed by atoms with Crippen molar-refractivity contribution in [1.82, 2.24) is 10.3 Å². The van der Waals surface area contributed by atoms with Crippen LogP contribution in [-0.2, 0) is 0 Å². The zero-order valence-corrected chi connectivity index (χ0v) is 8.00. The van der Waals surface area contributed by atoms with Gasteiger partial charge in [0.25, 0.3) is 0 Å². The molecular formula is C10H14N2O. The van der Waals surface area contributed by atoms with E-state index in [0.29, 0.717) is 12.1 Å². The number of aryl methyl sites for hydroxylation is 1. The summed E-state index contributed by atoms with van der Waals surface area (Å²) in [5.41, 5.74) is 1.60. The first-order chi connectivity index (χ1) is 6.24. The van der Waals surface area contributed by atoms with Gasteiger partial charge in [-0.25, -0.2) is 0 Å². The van der Waals surface area contributed by atoms with E-state index in [9.17, 15) is 4.79 Å². The van der Waals surface area contributed by atoms with Crippen molar-refractivity contribution in [3.05, 3.63) is 29.6 Å². The Bertz CT molecular complexity index is 279. The number of nitrogens with zero attached hydrogens (tertiary/aromatic N) is 1. The number of ketones is 1. The SMILES string of the molecule is CCNCC(=O)c1ccc(C)nc1. The van der Waals surface area contributed by atoms with Crippen LogP contribution in [0.2, 0.25) is 0 Å². The van der Waals surface area contributed by atoms with Crippen LogP contribution in [0.15, 0.2) is 18.3 Å². The monoisotopic (exact) mass is 178 g/mol. The van der Waals surface area contributed by atoms with Crippen LogP contribution in [-0.4, -0.2) is 23.9 Å². The van der Waals surface area contributed by atoms with Gasteiger partial charge in [-0.1, -0.05) is 6.92 Å². The molecule has 0 spiro atoms. The maximum atomic E-state index is 11.4. The number of carbonyl (C=O) groups is 1. The van der Waals surface area contributed by atoms with Crippen molar-refractivity contribution in [2.24, 2.45) is 0 Å². The topological polar surface area (TPSA) is 42.0 Å². The molecule has 0 radical (unpaired) electrons. The lowest BCUT2D eigenvalue weighted by atomic mass is 10.2. The van der Waals surface area contributed by atoms with Gasteiger partial charge in [-0.05, 0) is 25.6 Å². The molecule has 0 aliphatic rings. The molecule has 0 saturated carbocycles. The second kappa shape index (κ2) is 4.72. The lowest BCUT2D eigenvalue weighted by molar-refractivity contribution is 0.0991. The molecule has 1 heterocycles. The molecule has 1 aromatic rings. The lowest BCUT2D eigenvalue weighted by Crippen LogP contribution is -2.22. The Labute approximate surface area is 78.2 Å². The van der Waals surface area contributed by atoms with Crippen molar-refractivity contribution in [2.45, 2.75) is 13.8 Å². The zero-order chi connectivity index (χ0) is 9.68. The second-order valence-electron chi connectivity index (χ2n) is 2.89. The van der Waals surface area contributed by atoms with Crippen LogP contribution in [0.1, 0.15) is 23.0 Å². The third-order valence-electron chi connectivity index (χ3n) is 1.77. The van der Waals surface area contributed by atoms with E-state index in [4.69, 9.17) is 0 Å². The Balaban J connectivity index is 2.61. The number of pyridine rings is 1. The quantitative estimate of drug-likeness (QED) is 0.704. The van der Waals surface area contributed by atoms with Gasteiger partial charge >= 0.3 is 0 Å². The largest absolute Gasteiger partial charge is 0.310 e. The van der Waals surface area contributed by atoms with Crippen LogP contribution in [0.25, 0.3) is 0 Å². The molecule has 0 fully saturated rings. The van der Waals surface area contributed by atoms with E-state index in [-0.39, 0.29) is 5.78 Å². The van der Waals surface area contributed by atoms with E-state index >= 15 is 0 Å². The normalized spacial score (nSPS) is 10.0. The summed E-state index contributed by atoms with van der Waals surface area (Å²) in [4.78, 5) is 15.5. The highest BCUT2D eigenvalue weighted by molar-refractivity contribution is 5.97. The minimum atomic E-state index is 0.0920.